The molecule has 10 heteroatoms. The van der Waals surface area contributed by atoms with Crippen LogP contribution >= 0.6 is 0 Å². The fraction of sp³-hybridized carbons (Fsp3) is 0.591. The molecule has 0 aromatic carbocycles. The van der Waals surface area contributed by atoms with Gasteiger partial charge in [0.15, 0.2) is 0 Å². The monoisotopic (exact) mass is 461 g/mol. The lowest BCUT2D eigenvalue weighted by Crippen LogP contribution is -2.54. The van der Waals surface area contributed by atoms with Crippen LogP contribution in [0.1, 0.15) is 33.6 Å². The van der Waals surface area contributed by atoms with Crippen LogP contribution in [-0.4, -0.2) is 83.6 Å². The summed E-state index contributed by atoms with van der Waals surface area (Å²) in [5.74, 6) is -0.137. The fourth-order valence-corrected chi connectivity index (χ4v) is 6.10. The van der Waals surface area contributed by atoms with Crippen LogP contribution in [0.2, 0.25) is 0 Å². The Morgan fingerprint density at radius 3 is 2.50 bits per heavy atom. The van der Waals surface area contributed by atoms with E-state index in [1.807, 2.05) is 20.8 Å². The van der Waals surface area contributed by atoms with Gasteiger partial charge in [-0.3, -0.25) is 9.59 Å². The van der Waals surface area contributed by atoms with Crippen molar-refractivity contribution in [1.82, 2.24) is 24.1 Å². The second-order valence-corrected chi connectivity index (χ2v) is 11.5. The van der Waals surface area contributed by atoms with E-state index in [1.165, 1.54) is 10.5 Å². The Morgan fingerprint density at radius 1 is 1.09 bits per heavy atom. The van der Waals surface area contributed by atoms with Gasteiger partial charge in [0.05, 0.1) is 5.92 Å². The van der Waals surface area contributed by atoms with Crippen molar-refractivity contribution in [2.75, 3.05) is 39.3 Å². The lowest BCUT2D eigenvalue weighted by molar-refractivity contribution is -0.145. The number of carbonyl (C=O) groups is 2. The van der Waals surface area contributed by atoms with E-state index in [9.17, 15) is 18.0 Å². The Morgan fingerprint density at radius 2 is 1.81 bits per heavy atom. The first-order chi connectivity index (χ1) is 15.1. The second kappa shape index (κ2) is 8.47. The molecule has 2 saturated heterocycles. The Kier molecular flexibility index (Phi) is 6.02. The van der Waals surface area contributed by atoms with Crippen LogP contribution in [0.15, 0.2) is 29.4 Å². The molecule has 2 aliphatic heterocycles. The summed E-state index contributed by atoms with van der Waals surface area (Å²) in [6.07, 6.45) is 4.66. The van der Waals surface area contributed by atoms with Gasteiger partial charge in [-0.15, -0.1) is 0 Å². The van der Waals surface area contributed by atoms with Crippen molar-refractivity contribution in [2.24, 2.45) is 11.3 Å². The Bertz CT molecular complexity index is 1110. The largest absolute Gasteiger partial charge is 0.345 e. The van der Waals surface area contributed by atoms with Gasteiger partial charge in [0.1, 0.15) is 10.5 Å². The Hall–Kier alpha value is -2.46. The van der Waals surface area contributed by atoms with Gasteiger partial charge in [-0.1, -0.05) is 20.8 Å². The van der Waals surface area contributed by atoms with Gasteiger partial charge in [-0.2, -0.15) is 4.31 Å². The lowest BCUT2D eigenvalue weighted by atomic mass is 9.90. The molecule has 4 rings (SSSR count). The summed E-state index contributed by atoms with van der Waals surface area (Å²) < 4.78 is 27.8. The van der Waals surface area contributed by atoms with Gasteiger partial charge in [0.25, 0.3) is 0 Å². The zero-order chi connectivity index (χ0) is 23.1. The summed E-state index contributed by atoms with van der Waals surface area (Å²) in [6.45, 7) is 8.00. The van der Waals surface area contributed by atoms with Crippen LogP contribution in [0.4, 0.5) is 0 Å². The van der Waals surface area contributed by atoms with Crippen LogP contribution in [0, 0.1) is 11.3 Å². The highest BCUT2D eigenvalue weighted by Crippen LogP contribution is 2.27. The Labute approximate surface area is 188 Å². The molecule has 174 valence electrons. The zero-order valence-electron chi connectivity index (χ0n) is 18.9. The van der Waals surface area contributed by atoms with Crippen LogP contribution < -0.4 is 0 Å². The third-order valence-corrected chi connectivity index (χ3v) is 8.22. The third-order valence-electron chi connectivity index (χ3n) is 6.28. The number of H-pyrrole nitrogens is 1. The molecule has 0 radical (unpaired) electrons. The number of rotatable bonds is 3. The molecule has 2 aromatic heterocycles. The fourth-order valence-electron chi connectivity index (χ4n) is 4.53. The van der Waals surface area contributed by atoms with E-state index in [1.54, 1.807) is 28.1 Å². The summed E-state index contributed by atoms with van der Waals surface area (Å²) in [7, 11) is -3.68. The van der Waals surface area contributed by atoms with Crippen molar-refractivity contribution in [1.29, 1.82) is 0 Å². The average molecular weight is 462 g/mol. The SMILES string of the molecule is CC(C)(C)C(=O)N1CCCC(C(=O)N2CCN(S(=O)(=O)c3c[nH]c4ncccc34)CC2)C1. The van der Waals surface area contributed by atoms with Gasteiger partial charge in [0, 0.05) is 62.5 Å². The number of sulfonamides is 1. The maximum atomic E-state index is 13.2. The number of nitrogens with zero attached hydrogens (tertiary/aromatic N) is 4. The normalized spacial score (nSPS) is 21.2. The Balaban J connectivity index is 1.40. The van der Waals surface area contributed by atoms with Crippen molar-refractivity contribution in [3.8, 4) is 0 Å². The maximum absolute atomic E-state index is 13.2. The van der Waals surface area contributed by atoms with Crippen LogP contribution in [0.3, 0.4) is 0 Å². The van der Waals surface area contributed by atoms with Crippen molar-refractivity contribution in [3.05, 3.63) is 24.5 Å². The third kappa shape index (κ3) is 4.25. The number of carbonyl (C=O) groups excluding carboxylic acids is 2. The predicted molar refractivity (Wildman–Crippen MR) is 120 cm³/mol. The average Bonchev–Trinajstić information content (AvgIpc) is 3.23. The van der Waals surface area contributed by atoms with Crippen molar-refractivity contribution in [3.63, 3.8) is 0 Å². The molecule has 2 amide bonds. The summed E-state index contributed by atoms with van der Waals surface area (Å²) in [5.41, 5.74) is 0.0644. The lowest BCUT2D eigenvalue weighted by Gasteiger charge is -2.39. The van der Waals surface area contributed by atoms with Gasteiger partial charge in [0.2, 0.25) is 21.8 Å². The highest BCUT2D eigenvalue weighted by atomic mass is 32.2. The summed E-state index contributed by atoms with van der Waals surface area (Å²) in [5, 5.41) is 0.566. The summed E-state index contributed by atoms with van der Waals surface area (Å²) in [6, 6.07) is 3.45. The molecule has 0 spiro atoms. The van der Waals surface area contributed by atoms with Gasteiger partial charge in [-0.25, -0.2) is 13.4 Å². The molecule has 2 fully saturated rings. The number of aromatic nitrogens is 2. The van der Waals surface area contributed by atoms with Crippen molar-refractivity contribution in [2.45, 2.75) is 38.5 Å². The number of amides is 2. The second-order valence-electron chi connectivity index (χ2n) is 9.62. The minimum Gasteiger partial charge on any atom is -0.345 e. The van der Waals surface area contributed by atoms with Gasteiger partial charge in [-0.05, 0) is 25.0 Å². The molecule has 0 saturated carbocycles. The standard InChI is InChI=1S/C22H31N5O4S/c1-22(2,3)21(29)26-9-5-6-16(15-26)20(28)25-10-12-27(13-11-25)32(30,31)18-14-24-19-17(18)7-4-8-23-19/h4,7-8,14,16H,5-6,9-13,15H2,1-3H3,(H,23,24). The number of piperidine rings is 1. The summed E-state index contributed by atoms with van der Waals surface area (Å²) in [4.78, 5) is 36.6. The van der Waals surface area contributed by atoms with Crippen molar-refractivity contribution < 1.29 is 18.0 Å². The summed E-state index contributed by atoms with van der Waals surface area (Å²) >= 11 is 0. The van der Waals surface area contributed by atoms with Gasteiger partial charge < -0.3 is 14.8 Å². The molecule has 4 heterocycles. The first-order valence-electron chi connectivity index (χ1n) is 11.1. The van der Waals surface area contributed by atoms with Crippen molar-refractivity contribution >= 4 is 32.9 Å². The molecule has 2 aliphatic rings. The zero-order valence-corrected chi connectivity index (χ0v) is 19.7. The smallest absolute Gasteiger partial charge is 0.245 e. The van der Waals surface area contributed by atoms with Gasteiger partial charge >= 0.3 is 0 Å². The van der Waals surface area contributed by atoms with E-state index in [-0.39, 0.29) is 35.7 Å². The minimum absolute atomic E-state index is 0.0183. The number of likely N-dealkylation sites (tertiary alicyclic amines) is 1. The minimum atomic E-state index is -3.68. The van der Waals surface area contributed by atoms with E-state index in [2.05, 4.69) is 9.97 Å². The van der Waals surface area contributed by atoms with E-state index < -0.39 is 15.4 Å². The molecule has 1 N–H and O–H groups in total. The highest BCUT2D eigenvalue weighted by molar-refractivity contribution is 7.89. The molecule has 1 unspecified atom stereocenters. The van der Waals surface area contributed by atoms with Crippen LogP contribution in [0.5, 0.6) is 0 Å². The molecular formula is C22H31N5O4S. The molecule has 2 aromatic rings. The number of hydrogen-bond donors (Lipinski definition) is 1. The molecule has 9 nitrogen and oxygen atoms in total. The molecule has 0 aliphatic carbocycles. The highest BCUT2D eigenvalue weighted by Gasteiger charge is 2.37. The van der Waals surface area contributed by atoms with E-state index >= 15 is 0 Å². The number of hydrogen-bond acceptors (Lipinski definition) is 5. The molecule has 32 heavy (non-hydrogen) atoms. The predicted octanol–water partition coefficient (Wildman–Crippen LogP) is 1.68. The van der Waals surface area contributed by atoms with E-state index in [0.29, 0.717) is 37.2 Å². The number of nitrogens with one attached hydrogen (secondary N) is 1. The molecule has 1 atom stereocenters. The molecule has 0 bridgehead atoms. The quantitative estimate of drug-likeness (QED) is 0.749. The van der Waals surface area contributed by atoms with E-state index in [4.69, 9.17) is 0 Å². The number of piperazine rings is 1. The number of pyridine rings is 1. The van der Waals surface area contributed by atoms with E-state index in [0.717, 1.165) is 12.8 Å². The number of fused-ring (bicyclic) bond motifs is 1. The van der Waals surface area contributed by atoms with Crippen LogP contribution in [0.25, 0.3) is 11.0 Å². The number of aromatic amines is 1. The topological polar surface area (TPSA) is 107 Å². The maximum Gasteiger partial charge on any atom is 0.245 e. The first kappa shape index (κ1) is 22.7. The molecular weight excluding hydrogens is 430 g/mol. The van der Waals surface area contributed by atoms with Crippen LogP contribution in [-0.2, 0) is 19.6 Å². The first-order valence-corrected chi connectivity index (χ1v) is 12.5.